The summed E-state index contributed by atoms with van der Waals surface area (Å²) < 4.78 is 5.22. The van der Waals surface area contributed by atoms with Gasteiger partial charge in [0.1, 0.15) is 5.76 Å². The highest BCUT2D eigenvalue weighted by molar-refractivity contribution is 5.79. The summed E-state index contributed by atoms with van der Waals surface area (Å²) in [5, 5.41) is 11.0. The Morgan fingerprint density at radius 3 is 2.68 bits per heavy atom. The molecule has 1 fully saturated rings. The molecule has 1 saturated carbocycles. The van der Waals surface area contributed by atoms with Crippen LogP contribution in [0.3, 0.4) is 0 Å². The molecule has 25 heavy (non-hydrogen) atoms. The van der Waals surface area contributed by atoms with Crippen molar-refractivity contribution < 1.29 is 4.52 Å². The topological polar surface area (TPSA) is 62.5 Å². The number of nitrogens with zero attached hydrogens (tertiary/aromatic N) is 2. The van der Waals surface area contributed by atoms with Gasteiger partial charge in [-0.3, -0.25) is 4.99 Å². The quantitative estimate of drug-likeness (QED) is 0.421. The monoisotopic (exact) mass is 348 g/mol. The smallest absolute Gasteiger partial charge is 0.191 e. The van der Waals surface area contributed by atoms with Crippen LogP contribution in [-0.4, -0.2) is 30.8 Å². The predicted molar refractivity (Wildman–Crippen MR) is 104 cm³/mol. The van der Waals surface area contributed by atoms with Gasteiger partial charge < -0.3 is 15.2 Å². The molecule has 5 nitrogen and oxygen atoms in total. The second kappa shape index (κ2) is 10.5. The van der Waals surface area contributed by atoms with E-state index >= 15 is 0 Å². The van der Waals surface area contributed by atoms with Crippen LogP contribution in [-0.2, 0) is 6.42 Å². The van der Waals surface area contributed by atoms with Crippen molar-refractivity contribution in [2.24, 2.45) is 10.9 Å². The molecule has 5 heteroatoms. The molecule has 0 saturated heterocycles. The summed E-state index contributed by atoms with van der Waals surface area (Å²) in [6, 6.07) is 0.468. The first kappa shape index (κ1) is 19.8. The van der Waals surface area contributed by atoms with Crippen LogP contribution in [0, 0.1) is 19.8 Å². The molecule has 0 aromatic carbocycles. The van der Waals surface area contributed by atoms with Crippen LogP contribution >= 0.6 is 0 Å². The summed E-state index contributed by atoms with van der Waals surface area (Å²) in [6.07, 6.45) is 11.8. The van der Waals surface area contributed by atoms with Gasteiger partial charge in [-0.1, -0.05) is 37.3 Å². The molecule has 1 heterocycles. The average molecular weight is 349 g/mol. The van der Waals surface area contributed by atoms with Crippen LogP contribution in [0.25, 0.3) is 0 Å². The van der Waals surface area contributed by atoms with Crippen molar-refractivity contribution in [3.63, 3.8) is 0 Å². The van der Waals surface area contributed by atoms with Gasteiger partial charge in [0.2, 0.25) is 0 Å². The van der Waals surface area contributed by atoms with E-state index in [1.165, 1.54) is 50.5 Å². The van der Waals surface area contributed by atoms with Gasteiger partial charge in [0, 0.05) is 25.2 Å². The largest absolute Gasteiger partial charge is 0.361 e. The third-order valence-corrected chi connectivity index (χ3v) is 5.42. The zero-order chi connectivity index (χ0) is 18.1. The third kappa shape index (κ3) is 6.71. The lowest BCUT2D eigenvalue weighted by Crippen LogP contribution is -2.42. The van der Waals surface area contributed by atoms with E-state index in [0.717, 1.165) is 42.7 Å². The number of guanidine groups is 1. The number of nitrogens with one attached hydrogen (secondary N) is 2. The molecule has 0 bridgehead atoms. The van der Waals surface area contributed by atoms with Crippen LogP contribution in [0.5, 0.6) is 0 Å². The number of aryl methyl sites for hydroxylation is 2. The fourth-order valence-corrected chi connectivity index (χ4v) is 3.79. The maximum atomic E-state index is 5.22. The highest BCUT2D eigenvalue weighted by Gasteiger charge is 2.15. The lowest BCUT2D eigenvalue weighted by molar-refractivity contribution is 0.322. The molecule has 1 atom stereocenters. The van der Waals surface area contributed by atoms with Gasteiger partial charge in [-0.25, -0.2) is 0 Å². The molecular weight excluding hydrogens is 312 g/mol. The normalized spacial score (nSPS) is 17.5. The molecule has 0 amide bonds. The van der Waals surface area contributed by atoms with Crippen molar-refractivity contribution in [3.05, 3.63) is 17.0 Å². The SMILES string of the molecule is CN=C(NCCCc1c(C)noc1C)NC(C)CCC1CCCCC1. The van der Waals surface area contributed by atoms with E-state index in [9.17, 15) is 0 Å². The summed E-state index contributed by atoms with van der Waals surface area (Å²) in [7, 11) is 1.84. The minimum absolute atomic E-state index is 0.468. The van der Waals surface area contributed by atoms with Crippen molar-refractivity contribution in [3.8, 4) is 0 Å². The Bertz CT molecular complexity index is 512. The Hall–Kier alpha value is -1.52. The molecule has 1 aromatic rings. The van der Waals surface area contributed by atoms with Crippen LogP contribution in [0.15, 0.2) is 9.52 Å². The second-order valence-electron chi connectivity index (χ2n) is 7.53. The maximum Gasteiger partial charge on any atom is 0.191 e. The van der Waals surface area contributed by atoms with E-state index in [1.54, 1.807) is 0 Å². The maximum absolute atomic E-state index is 5.22. The first-order valence-corrected chi connectivity index (χ1v) is 9.99. The summed E-state index contributed by atoms with van der Waals surface area (Å²) >= 11 is 0. The van der Waals surface area contributed by atoms with Gasteiger partial charge in [0.15, 0.2) is 5.96 Å². The molecule has 1 unspecified atom stereocenters. The third-order valence-electron chi connectivity index (χ3n) is 5.42. The second-order valence-corrected chi connectivity index (χ2v) is 7.53. The average Bonchev–Trinajstić information content (AvgIpc) is 2.95. The lowest BCUT2D eigenvalue weighted by atomic mass is 9.85. The summed E-state index contributed by atoms with van der Waals surface area (Å²) in [4.78, 5) is 4.36. The molecule has 0 spiro atoms. The Balaban J connectivity index is 1.62. The summed E-state index contributed by atoms with van der Waals surface area (Å²) in [6.45, 7) is 7.16. The van der Waals surface area contributed by atoms with Crippen molar-refractivity contribution in [2.75, 3.05) is 13.6 Å². The number of hydrogen-bond donors (Lipinski definition) is 2. The van der Waals surface area contributed by atoms with E-state index in [0.29, 0.717) is 6.04 Å². The Labute approximate surface area is 153 Å². The first-order chi connectivity index (χ1) is 12.1. The van der Waals surface area contributed by atoms with Crippen molar-refractivity contribution in [1.29, 1.82) is 0 Å². The van der Waals surface area contributed by atoms with Crippen molar-refractivity contribution >= 4 is 5.96 Å². The number of rotatable bonds is 8. The molecule has 2 N–H and O–H groups in total. The highest BCUT2D eigenvalue weighted by atomic mass is 16.5. The fourth-order valence-electron chi connectivity index (χ4n) is 3.79. The van der Waals surface area contributed by atoms with Crippen LogP contribution in [0.4, 0.5) is 0 Å². The van der Waals surface area contributed by atoms with Crippen LogP contribution in [0.2, 0.25) is 0 Å². The van der Waals surface area contributed by atoms with Gasteiger partial charge in [0.25, 0.3) is 0 Å². The summed E-state index contributed by atoms with van der Waals surface area (Å²) in [5.41, 5.74) is 2.25. The number of hydrogen-bond acceptors (Lipinski definition) is 3. The fraction of sp³-hybridized carbons (Fsp3) is 0.800. The molecule has 1 aromatic heterocycles. The molecule has 1 aliphatic carbocycles. The van der Waals surface area contributed by atoms with Crippen LogP contribution < -0.4 is 10.6 Å². The van der Waals surface area contributed by atoms with Crippen LogP contribution in [0.1, 0.15) is 75.3 Å². The van der Waals surface area contributed by atoms with Crippen molar-refractivity contribution in [2.45, 2.75) is 84.6 Å². The minimum atomic E-state index is 0.468. The van der Waals surface area contributed by atoms with Crippen molar-refractivity contribution in [1.82, 2.24) is 15.8 Å². The molecular formula is C20H36N4O. The minimum Gasteiger partial charge on any atom is -0.361 e. The lowest BCUT2D eigenvalue weighted by Gasteiger charge is -2.24. The number of aromatic nitrogens is 1. The van der Waals surface area contributed by atoms with E-state index in [4.69, 9.17) is 4.52 Å². The zero-order valence-electron chi connectivity index (χ0n) is 16.5. The Kier molecular flexibility index (Phi) is 8.29. The van der Waals surface area contributed by atoms with Gasteiger partial charge >= 0.3 is 0 Å². The van der Waals surface area contributed by atoms with Gasteiger partial charge in [-0.15, -0.1) is 0 Å². The van der Waals surface area contributed by atoms with E-state index < -0.39 is 0 Å². The first-order valence-electron chi connectivity index (χ1n) is 9.99. The molecule has 1 aliphatic rings. The Morgan fingerprint density at radius 1 is 1.28 bits per heavy atom. The summed E-state index contributed by atoms with van der Waals surface area (Å²) in [5.74, 6) is 2.80. The van der Waals surface area contributed by atoms with E-state index in [1.807, 2.05) is 20.9 Å². The number of aliphatic imine (C=N–C) groups is 1. The molecule has 0 radical (unpaired) electrons. The van der Waals surface area contributed by atoms with Gasteiger partial charge in [-0.05, 0) is 52.4 Å². The Morgan fingerprint density at radius 2 is 2.04 bits per heavy atom. The standard InChI is InChI=1S/C20H36N4O/c1-15(12-13-18-9-6-5-7-10-18)23-20(21-4)22-14-8-11-19-16(2)24-25-17(19)3/h15,18H,5-14H2,1-4H3,(H2,21,22,23). The van der Waals surface area contributed by atoms with Gasteiger partial charge in [-0.2, -0.15) is 0 Å². The van der Waals surface area contributed by atoms with E-state index in [-0.39, 0.29) is 0 Å². The zero-order valence-corrected chi connectivity index (χ0v) is 16.5. The predicted octanol–water partition coefficient (Wildman–Crippen LogP) is 4.14. The van der Waals surface area contributed by atoms with Gasteiger partial charge in [0.05, 0.1) is 5.69 Å². The molecule has 142 valence electrons. The highest BCUT2D eigenvalue weighted by Crippen LogP contribution is 2.27. The van der Waals surface area contributed by atoms with E-state index in [2.05, 4.69) is 27.7 Å². The molecule has 0 aliphatic heterocycles. The molecule has 2 rings (SSSR count).